The molecule has 0 aromatic rings. The molecule has 0 bridgehead atoms. The molecule has 1 spiro atoms. The van der Waals surface area contributed by atoms with E-state index in [-0.39, 0.29) is 24.0 Å². The lowest BCUT2D eigenvalue weighted by atomic mass is 9.55. The van der Waals surface area contributed by atoms with E-state index in [0.717, 1.165) is 32.6 Å². The van der Waals surface area contributed by atoms with Gasteiger partial charge in [0.2, 0.25) is 0 Å². The van der Waals surface area contributed by atoms with Gasteiger partial charge in [0.25, 0.3) is 0 Å². The van der Waals surface area contributed by atoms with Gasteiger partial charge in [0.1, 0.15) is 0 Å². The minimum Gasteiger partial charge on any atom is -0.388 e. The zero-order valence-corrected chi connectivity index (χ0v) is 14.6. The van der Waals surface area contributed by atoms with Crippen LogP contribution < -0.4 is 0 Å². The summed E-state index contributed by atoms with van der Waals surface area (Å²) >= 11 is 0. The molecule has 2 aliphatic heterocycles. The molecule has 2 saturated heterocycles. The topological polar surface area (TPSA) is 32.7 Å². The first-order valence-electron chi connectivity index (χ1n) is 7.59. The molecule has 0 radical (unpaired) electrons. The lowest BCUT2D eigenvalue weighted by molar-refractivity contribution is -0.179. The number of hydrogen-bond acceptors (Lipinski definition) is 3. The number of β-amino-alcohol motifs (C(OH)–C–C–N with tert-alkyl or cyclic N) is 1. The molecule has 2 heterocycles. The molecule has 112 valence electrons. The van der Waals surface area contributed by atoms with E-state index in [2.05, 4.69) is 18.7 Å². The van der Waals surface area contributed by atoms with E-state index >= 15 is 0 Å². The van der Waals surface area contributed by atoms with Crippen LogP contribution >= 0.6 is 24.0 Å². The molecule has 0 aromatic carbocycles. The minimum absolute atomic E-state index is 0. The van der Waals surface area contributed by atoms with Gasteiger partial charge in [-0.2, -0.15) is 0 Å². The Kier molecular flexibility index (Phi) is 4.86. The highest BCUT2D eigenvalue weighted by atomic mass is 127. The molecule has 3 fully saturated rings. The lowest BCUT2D eigenvalue weighted by Crippen LogP contribution is -2.71. The van der Waals surface area contributed by atoms with Crippen LogP contribution in [-0.2, 0) is 4.74 Å². The predicted molar refractivity (Wildman–Crippen MR) is 86.9 cm³/mol. The van der Waals surface area contributed by atoms with Gasteiger partial charge in [-0.25, -0.2) is 0 Å². The Labute approximate surface area is 134 Å². The van der Waals surface area contributed by atoms with Gasteiger partial charge in [-0.1, -0.05) is 20.3 Å². The highest BCUT2D eigenvalue weighted by Crippen LogP contribution is 2.55. The number of ether oxygens (including phenoxy) is 1. The van der Waals surface area contributed by atoms with Gasteiger partial charge in [0.15, 0.2) is 0 Å². The van der Waals surface area contributed by atoms with Crippen molar-refractivity contribution in [2.45, 2.75) is 57.6 Å². The van der Waals surface area contributed by atoms with E-state index in [1.54, 1.807) is 0 Å². The summed E-state index contributed by atoms with van der Waals surface area (Å²) in [6.07, 6.45) is 5.85. The van der Waals surface area contributed by atoms with Crippen molar-refractivity contribution in [3.05, 3.63) is 0 Å². The van der Waals surface area contributed by atoms with Gasteiger partial charge in [-0.05, 0) is 24.2 Å². The second-order valence-electron chi connectivity index (χ2n) is 7.15. The molecule has 1 aliphatic carbocycles. The van der Waals surface area contributed by atoms with Gasteiger partial charge in [-0.15, -0.1) is 24.0 Å². The van der Waals surface area contributed by atoms with E-state index in [0.29, 0.717) is 17.4 Å². The number of aliphatic hydroxyl groups is 1. The molecule has 3 rings (SSSR count). The van der Waals surface area contributed by atoms with Crippen molar-refractivity contribution in [2.75, 3.05) is 26.3 Å². The molecule has 1 unspecified atom stereocenters. The quantitative estimate of drug-likeness (QED) is 0.763. The average molecular weight is 381 g/mol. The average Bonchev–Trinajstić information content (AvgIpc) is 2.21. The monoisotopic (exact) mass is 381 g/mol. The van der Waals surface area contributed by atoms with Crippen molar-refractivity contribution in [3.63, 3.8) is 0 Å². The number of hydrogen-bond donors (Lipinski definition) is 1. The summed E-state index contributed by atoms with van der Waals surface area (Å²) in [6.45, 7) is 8.21. The van der Waals surface area contributed by atoms with Crippen LogP contribution in [0.5, 0.6) is 0 Å². The van der Waals surface area contributed by atoms with Gasteiger partial charge in [0.05, 0.1) is 5.60 Å². The summed E-state index contributed by atoms with van der Waals surface area (Å²) in [5.74, 6) is 0.711. The van der Waals surface area contributed by atoms with Crippen molar-refractivity contribution in [2.24, 2.45) is 11.3 Å². The molecular weight excluding hydrogens is 353 g/mol. The first-order valence-corrected chi connectivity index (χ1v) is 7.59. The largest absolute Gasteiger partial charge is 0.388 e. The van der Waals surface area contributed by atoms with Crippen molar-refractivity contribution in [1.82, 2.24) is 4.90 Å². The number of rotatable bonds is 3. The summed E-state index contributed by atoms with van der Waals surface area (Å²) in [6, 6.07) is 0.707. The Morgan fingerprint density at radius 2 is 1.84 bits per heavy atom. The van der Waals surface area contributed by atoms with Crippen molar-refractivity contribution >= 4 is 24.0 Å². The zero-order chi connectivity index (χ0) is 12.8. The lowest BCUT2D eigenvalue weighted by Gasteiger charge is -2.65. The number of halogens is 1. The normalized spacial score (nSPS) is 32.5. The molecule has 1 atom stereocenters. The molecule has 0 amide bonds. The second kappa shape index (κ2) is 5.78. The van der Waals surface area contributed by atoms with Crippen LogP contribution in [0.15, 0.2) is 0 Å². The van der Waals surface area contributed by atoms with E-state index in [1.165, 1.54) is 25.8 Å². The van der Waals surface area contributed by atoms with Gasteiger partial charge >= 0.3 is 0 Å². The van der Waals surface area contributed by atoms with Gasteiger partial charge < -0.3 is 9.84 Å². The number of likely N-dealkylation sites (tertiary alicyclic amines) is 1. The van der Waals surface area contributed by atoms with Crippen molar-refractivity contribution < 1.29 is 9.84 Å². The Morgan fingerprint density at radius 1 is 1.21 bits per heavy atom. The van der Waals surface area contributed by atoms with Gasteiger partial charge in [-0.3, -0.25) is 4.90 Å². The SMILES string of the molecule is CC(C)C1N(CC2(O)CCOCC2)CC12CCC2.I. The summed E-state index contributed by atoms with van der Waals surface area (Å²) < 4.78 is 5.37. The maximum absolute atomic E-state index is 10.6. The van der Waals surface area contributed by atoms with Crippen LogP contribution in [0.4, 0.5) is 0 Å². The fourth-order valence-electron chi connectivity index (χ4n) is 4.53. The van der Waals surface area contributed by atoms with Crippen LogP contribution in [0.3, 0.4) is 0 Å². The predicted octanol–water partition coefficient (Wildman–Crippen LogP) is 2.66. The fourth-order valence-corrected chi connectivity index (χ4v) is 4.53. The number of nitrogens with zero attached hydrogens (tertiary/aromatic N) is 1. The molecule has 1 saturated carbocycles. The molecular formula is C15H28INO2. The van der Waals surface area contributed by atoms with Crippen LogP contribution in [0.2, 0.25) is 0 Å². The molecule has 4 heteroatoms. The third-order valence-electron chi connectivity index (χ3n) is 5.44. The third-order valence-corrected chi connectivity index (χ3v) is 5.44. The minimum atomic E-state index is -0.489. The summed E-state index contributed by atoms with van der Waals surface area (Å²) in [7, 11) is 0. The molecule has 0 aromatic heterocycles. The molecule has 19 heavy (non-hydrogen) atoms. The first kappa shape index (κ1) is 16.0. The second-order valence-corrected chi connectivity index (χ2v) is 7.15. The van der Waals surface area contributed by atoms with E-state index < -0.39 is 5.60 Å². The third kappa shape index (κ3) is 2.83. The van der Waals surface area contributed by atoms with Crippen LogP contribution in [0, 0.1) is 11.3 Å². The van der Waals surface area contributed by atoms with Crippen molar-refractivity contribution in [1.29, 1.82) is 0 Å². The molecule has 3 nitrogen and oxygen atoms in total. The molecule has 3 aliphatic rings. The van der Waals surface area contributed by atoms with Crippen LogP contribution in [-0.4, -0.2) is 48.0 Å². The summed E-state index contributed by atoms with van der Waals surface area (Å²) in [5.41, 5.74) is 0.131. The van der Waals surface area contributed by atoms with E-state index in [1.807, 2.05) is 0 Å². The van der Waals surface area contributed by atoms with E-state index in [9.17, 15) is 5.11 Å². The summed E-state index contributed by atoms with van der Waals surface area (Å²) in [5, 5.41) is 10.6. The molecule has 1 N–H and O–H groups in total. The zero-order valence-electron chi connectivity index (χ0n) is 12.2. The summed E-state index contributed by atoms with van der Waals surface area (Å²) in [4.78, 5) is 2.55. The maximum Gasteiger partial charge on any atom is 0.0818 e. The van der Waals surface area contributed by atoms with Gasteiger partial charge in [0, 0.05) is 45.2 Å². The highest BCUT2D eigenvalue weighted by molar-refractivity contribution is 14.0. The Hall–Kier alpha value is 0.610. The Bertz CT molecular complexity index is 311. The fraction of sp³-hybridized carbons (Fsp3) is 1.00. The Balaban J connectivity index is 0.00000133. The maximum atomic E-state index is 10.6. The smallest absolute Gasteiger partial charge is 0.0818 e. The highest BCUT2D eigenvalue weighted by Gasteiger charge is 2.57. The standard InChI is InChI=1S/C15H27NO2.HI/c1-12(2)13-14(4-3-5-14)10-16(13)11-15(17)6-8-18-9-7-15;/h12-13,17H,3-11H2,1-2H3;1H. The van der Waals surface area contributed by atoms with Crippen molar-refractivity contribution in [3.8, 4) is 0 Å². The van der Waals surface area contributed by atoms with E-state index in [4.69, 9.17) is 4.74 Å². The van der Waals surface area contributed by atoms with Crippen LogP contribution in [0.25, 0.3) is 0 Å². The van der Waals surface area contributed by atoms with Crippen LogP contribution in [0.1, 0.15) is 46.0 Å². The first-order chi connectivity index (χ1) is 8.55. The Morgan fingerprint density at radius 3 is 2.32 bits per heavy atom.